The molecule has 0 bridgehead atoms. The van der Waals surface area contributed by atoms with Crippen molar-refractivity contribution in [1.82, 2.24) is 4.90 Å². The Kier molecular flexibility index (Phi) is 9.88. The number of halogens is 2. The molecular weight excluding hydrogens is 385 g/mol. The molecule has 1 aliphatic heterocycles. The number of amides is 1. The minimum Gasteiger partial charge on any atom is -0.492 e. The van der Waals surface area contributed by atoms with Gasteiger partial charge in [-0.05, 0) is 69.5 Å². The molecule has 0 unspecified atom stereocenters. The molecule has 7 heteroatoms. The summed E-state index contributed by atoms with van der Waals surface area (Å²) in [5.41, 5.74) is 7.42. The number of nitrogens with zero attached hydrogens (tertiary/aromatic N) is 1. The molecule has 1 amide bonds. The summed E-state index contributed by atoms with van der Waals surface area (Å²) in [6.45, 7) is 6.08. The molecule has 5 nitrogen and oxygen atoms in total. The Morgan fingerprint density at radius 1 is 1.15 bits per heavy atom. The molecular formula is C20H33Cl2N3O2. The molecule has 2 aliphatic rings. The third-order valence-corrected chi connectivity index (χ3v) is 5.49. The maximum atomic E-state index is 12.5. The number of hydrogen-bond donors (Lipinski definition) is 2. The van der Waals surface area contributed by atoms with E-state index in [2.05, 4.69) is 10.2 Å². The van der Waals surface area contributed by atoms with E-state index >= 15 is 0 Å². The van der Waals surface area contributed by atoms with Crippen LogP contribution in [0.1, 0.15) is 50.5 Å². The van der Waals surface area contributed by atoms with Gasteiger partial charge in [0.1, 0.15) is 12.4 Å². The molecule has 1 aromatic rings. The molecule has 0 spiro atoms. The summed E-state index contributed by atoms with van der Waals surface area (Å²) in [6.07, 6.45) is 7.39. The van der Waals surface area contributed by atoms with Gasteiger partial charge in [0.05, 0.1) is 5.54 Å². The second-order valence-electron chi connectivity index (χ2n) is 7.55. The number of aryl methyl sites for hydroxylation is 1. The van der Waals surface area contributed by atoms with Crippen LogP contribution in [0.4, 0.5) is 5.69 Å². The van der Waals surface area contributed by atoms with E-state index < -0.39 is 5.54 Å². The van der Waals surface area contributed by atoms with Crippen molar-refractivity contribution >= 4 is 36.4 Å². The van der Waals surface area contributed by atoms with E-state index in [0.717, 1.165) is 49.2 Å². The fraction of sp³-hybridized carbons (Fsp3) is 0.650. The van der Waals surface area contributed by atoms with Gasteiger partial charge in [-0.1, -0.05) is 19.3 Å². The zero-order chi connectivity index (χ0) is 17.7. The Hall–Kier alpha value is -1.01. The molecule has 154 valence electrons. The molecule has 1 aromatic carbocycles. The molecule has 1 heterocycles. The first-order valence-electron chi connectivity index (χ1n) is 9.63. The van der Waals surface area contributed by atoms with Gasteiger partial charge in [0.25, 0.3) is 0 Å². The molecule has 0 aromatic heterocycles. The number of likely N-dealkylation sites (tertiary alicyclic amines) is 1. The second kappa shape index (κ2) is 11.1. The van der Waals surface area contributed by atoms with Gasteiger partial charge in [0, 0.05) is 12.2 Å². The van der Waals surface area contributed by atoms with E-state index in [-0.39, 0.29) is 30.7 Å². The lowest BCUT2D eigenvalue weighted by atomic mass is 9.82. The predicted octanol–water partition coefficient (Wildman–Crippen LogP) is 3.91. The number of anilines is 1. The largest absolute Gasteiger partial charge is 0.492 e. The highest BCUT2D eigenvalue weighted by molar-refractivity contribution is 5.98. The number of carbonyl (C=O) groups excluding carboxylic acids is 1. The van der Waals surface area contributed by atoms with E-state index in [9.17, 15) is 4.79 Å². The molecule has 0 atom stereocenters. The van der Waals surface area contributed by atoms with Crippen molar-refractivity contribution in [3.8, 4) is 5.75 Å². The van der Waals surface area contributed by atoms with Crippen molar-refractivity contribution in [1.29, 1.82) is 0 Å². The zero-order valence-corrected chi connectivity index (χ0v) is 17.8. The fourth-order valence-electron chi connectivity index (χ4n) is 3.85. The van der Waals surface area contributed by atoms with E-state index in [0.29, 0.717) is 6.61 Å². The SMILES string of the molecule is Cc1cc(NC(=O)C2(N)CCCCC2)ccc1OCCN1CCCC1.Cl.Cl. The Bertz CT molecular complexity index is 601. The summed E-state index contributed by atoms with van der Waals surface area (Å²) in [7, 11) is 0. The average molecular weight is 418 g/mol. The van der Waals surface area contributed by atoms with Crippen molar-refractivity contribution < 1.29 is 9.53 Å². The second-order valence-corrected chi connectivity index (χ2v) is 7.55. The number of ether oxygens (including phenoxy) is 1. The van der Waals surface area contributed by atoms with Crippen molar-refractivity contribution in [3.63, 3.8) is 0 Å². The van der Waals surface area contributed by atoms with Crippen LogP contribution < -0.4 is 15.8 Å². The standard InChI is InChI=1S/C20H31N3O2.2ClH/c1-16-15-17(22-19(24)20(21)9-3-2-4-10-20)7-8-18(16)25-14-13-23-11-5-6-12-23;;/h7-8,15H,2-6,9-14,21H2,1H3,(H,22,24);2*1H. The van der Waals surface area contributed by atoms with Gasteiger partial charge in [-0.25, -0.2) is 0 Å². The fourth-order valence-corrected chi connectivity index (χ4v) is 3.85. The number of hydrogen-bond acceptors (Lipinski definition) is 4. The molecule has 2 fully saturated rings. The lowest BCUT2D eigenvalue weighted by Gasteiger charge is -2.31. The highest BCUT2D eigenvalue weighted by Gasteiger charge is 2.35. The molecule has 1 saturated heterocycles. The van der Waals surface area contributed by atoms with Crippen LogP contribution in [-0.4, -0.2) is 42.6 Å². The Morgan fingerprint density at radius 3 is 2.44 bits per heavy atom. The third-order valence-electron chi connectivity index (χ3n) is 5.49. The van der Waals surface area contributed by atoms with Gasteiger partial charge in [-0.3, -0.25) is 9.69 Å². The summed E-state index contributed by atoms with van der Waals surface area (Å²) in [4.78, 5) is 15.0. The van der Waals surface area contributed by atoms with Gasteiger partial charge >= 0.3 is 0 Å². The molecule has 3 N–H and O–H groups in total. The van der Waals surface area contributed by atoms with Crippen LogP contribution in [0.25, 0.3) is 0 Å². The summed E-state index contributed by atoms with van der Waals surface area (Å²) in [5, 5.41) is 2.99. The quantitative estimate of drug-likeness (QED) is 0.735. The van der Waals surface area contributed by atoms with Gasteiger partial charge in [-0.15, -0.1) is 24.8 Å². The molecule has 1 aliphatic carbocycles. The summed E-state index contributed by atoms with van der Waals surface area (Å²) in [6, 6.07) is 5.82. The van der Waals surface area contributed by atoms with Gasteiger partial charge in [0.15, 0.2) is 0 Å². The Labute approximate surface area is 175 Å². The van der Waals surface area contributed by atoms with E-state index in [1.54, 1.807) is 0 Å². The molecule has 1 saturated carbocycles. The normalized spacial score (nSPS) is 18.9. The van der Waals surface area contributed by atoms with Crippen LogP contribution in [-0.2, 0) is 4.79 Å². The number of rotatable bonds is 6. The van der Waals surface area contributed by atoms with Crippen molar-refractivity contribution in [3.05, 3.63) is 23.8 Å². The van der Waals surface area contributed by atoms with Crippen LogP contribution in [0.3, 0.4) is 0 Å². The Balaban J connectivity index is 0.00000182. The first kappa shape index (κ1) is 24.0. The maximum Gasteiger partial charge on any atom is 0.244 e. The number of carbonyl (C=O) groups is 1. The highest BCUT2D eigenvalue weighted by atomic mass is 35.5. The number of benzene rings is 1. The molecule has 3 rings (SSSR count). The highest BCUT2D eigenvalue weighted by Crippen LogP contribution is 2.28. The first-order valence-corrected chi connectivity index (χ1v) is 9.63. The van der Waals surface area contributed by atoms with Gasteiger partial charge in [-0.2, -0.15) is 0 Å². The van der Waals surface area contributed by atoms with Crippen LogP contribution in [0.5, 0.6) is 5.75 Å². The zero-order valence-electron chi connectivity index (χ0n) is 16.2. The van der Waals surface area contributed by atoms with Crippen LogP contribution in [0, 0.1) is 6.92 Å². The van der Waals surface area contributed by atoms with Gasteiger partial charge in [0.2, 0.25) is 5.91 Å². The summed E-state index contributed by atoms with van der Waals surface area (Å²) in [5.74, 6) is 0.826. The molecule has 27 heavy (non-hydrogen) atoms. The first-order chi connectivity index (χ1) is 12.1. The van der Waals surface area contributed by atoms with Crippen LogP contribution in [0.2, 0.25) is 0 Å². The smallest absolute Gasteiger partial charge is 0.244 e. The van der Waals surface area contributed by atoms with Crippen molar-refractivity contribution in [2.75, 3.05) is 31.6 Å². The van der Waals surface area contributed by atoms with Crippen molar-refractivity contribution in [2.45, 2.75) is 57.4 Å². The van der Waals surface area contributed by atoms with Crippen LogP contribution >= 0.6 is 24.8 Å². The minimum atomic E-state index is -0.711. The minimum absolute atomic E-state index is 0. The van der Waals surface area contributed by atoms with E-state index in [1.807, 2.05) is 25.1 Å². The average Bonchev–Trinajstić information content (AvgIpc) is 3.11. The summed E-state index contributed by atoms with van der Waals surface area (Å²) < 4.78 is 5.92. The lowest BCUT2D eigenvalue weighted by Crippen LogP contribution is -2.52. The monoisotopic (exact) mass is 417 g/mol. The summed E-state index contributed by atoms with van der Waals surface area (Å²) >= 11 is 0. The number of nitrogens with two attached hydrogens (primary N) is 1. The Morgan fingerprint density at radius 2 is 1.81 bits per heavy atom. The topological polar surface area (TPSA) is 67.6 Å². The predicted molar refractivity (Wildman–Crippen MR) is 115 cm³/mol. The maximum absolute atomic E-state index is 12.5. The van der Waals surface area contributed by atoms with Gasteiger partial charge < -0.3 is 15.8 Å². The number of nitrogens with one attached hydrogen (secondary N) is 1. The molecule has 0 radical (unpaired) electrons. The van der Waals surface area contributed by atoms with E-state index in [4.69, 9.17) is 10.5 Å². The van der Waals surface area contributed by atoms with Crippen LogP contribution in [0.15, 0.2) is 18.2 Å². The van der Waals surface area contributed by atoms with E-state index in [1.165, 1.54) is 32.4 Å². The lowest BCUT2D eigenvalue weighted by molar-refractivity contribution is -0.122. The van der Waals surface area contributed by atoms with Crippen molar-refractivity contribution in [2.24, 2.45) is 5.73 Å². The third kappa shape index (κ3) is 6.53.